The summed E-state index contributed by atoms with van der Waals surface area (Å²) in [6.45, 7) is 0.374. The molecule has 0 radical (unpaired) electrons. The molecule has 23 heavy (non-hydrogen) atoms. The molecule has 2 aromatic rings. The Hall–Kier alpha value is -2.58. The van der Waals surface area contributed by atoms with E-state index in [1.54, 1.807) is 24.3 Å². The SMILES string of the molecule is NS(=O)(=O)c1ccc(CCNC(=O)Nc2cccc(O)c2)cc1. The lowest BCUT2D eigenvalue weighted by molar-refractivity contribution is 0.252. The molecule has 0 aliphatic heterocycles. The van der Waals surface area contributed by atoms with E-state index >= 15 is 0 Å². The van der Waals surface area contributed by atoms with Gasteiger partial charge in [-0.2, -0.15) is 0 Å². The van der Waals surface area contributed by atoms with Crippen molar-refractivity contribution in [3.8, 4) is 5.75 Å². The number of primary sulfonamides is 1. The van der Waals surface area contributed by atoms with Crippen molar-refractivity contribution in [3.05, 3.63) is 54.1 Å². The van der Waals surface area contributed by atoms with Gasteiger partial charge >= 0.3 is 6.03 Å². The van der Waals surface area contributed by atoms with Crippen molar-refractivity contribution < 1.29 is 18.3 Å². The van der Waals surface area contributed by atoms with Crippen molar-refractivity contribution in [2.45, 2.75) is 11.3 Å². The van der Waals surface area contributed by atoms with Gasteiger partial charge < -0.3 is 15.7 Å². The Morgan fingerprint density at radius 1 is 1.13 bits per heavy atom. The summed E-state index contributed by atoms with van der Waals surface area (Å²) in [4.78, 5) is 11.8. The van der Waals surface area contributed by atoms with Crippen LogP contribution < -0.4 is 15.8 Å². The number of nitrogens with one attached hydrogen (secondary N) is 2. The molecular formula is C15H17N3O4S. The smallest absolute Gasteiger partial charge is 0.319 e. The molecule has 0 atom stereocenters. The van der Waals surface area contributed by atoms with Gasteiger partial charge in [0.2, 0.25) is 10.0 Å². The van der Waals surface area contributed by atoms with Crippen LogP contribution in [0.2, 0.25) is 0 Å². The summed E-state index contributed by atoms with van der Waals surface area (Å²) in [6.07, 6.45) is 0.540. The molecule has 2 rings (SSSR count). The molecule has 7 nitrogen and oxygen atoms in total. The molecule has 0 saturated carbocycles. The number of hydrogen-bond acceptors (Lipinski definition) is 4. The molecule has 2 aromatic carbocycles. The summed E-state index contributed by atoms with van der Waals surface area (Å²) >= 11 is 0. The molecular weight excluding hydrogens is 318 g/mol. The molecule has 122 valence electrons. The maximum Gasteiger partial charge on any atom is 0.319 e. The predicted molar refractivity (Wildman–Crippen MR) is 86.6 cm³/mol. The lowest BCUT2D eigenvalue weighted by Crippen LogP contribution is -2.30. The van der Waals surface area contributed by atoms with Crippen LogP contribution >= 0.6 is 0 Å². The summed E-state index contributed by atoms with van der Waals surface area (Å²) in [5.41, 5.74) is 1.36. The second-order valence-electron chi connectivity index (χ2n) is 4.87. The van der Waals surface area contributed by atoms with Crippen LogP contribution in [0.1, 0.15) is 5.56 Å². The maximum atomic E-state index is 11.7. The molecule has 0 aliphatic carbocycles. The van der Waals surface area contributed by atoms with Gasteiger partial charge in [-0.25, -0.2) is 18.4 Å². The van der Waals surface area contributed by atoms with E-state index in [1.165, 1.54) is 24.3 Å². The minimum Gasteiger partial charge on any atom is -0.508 e. The first kappa shape index (κ1) is 16.8. The largest absolute Gasteiger partial charge is 0.508 e. The summed E-state index contributed by atoms with van der Waals surface area (Å²) in [5, 5.41) is 19.6. The third-order valence-electron chi connectivity index (χ3n) is 3.06. The second-order valence-corrected chi connectivity index (χ2v) is 6.43. The molecule has 0 unspecified atom stereocenters. The van der Waals surface area contributed by atoms with E-state index in [1.807, 2.05) is 0 Å². The summed E-state index contributed by atoms with van der Waals surface area (Å²) in [5.74, 6) is 0.0674. The van der Waals surface area contributed by atoms with Crippen LogP contribution in [0.3, 0.4) is 0 Å². The van der Waals surface area contributed by atoms with Crippen molar-refractivity contribution in [1.82, 2.24) is 5.32 Å². The number of carbonyl (C=O) groups is 1. The van der Waals surface area contributed by atoms with Crippen molar-refractivity contribution in [2.24, 2.45) is 5.14 Å². The van der Waals surface area contributed by atoms with E-state index in [-0.39, 0.29) is 10.6 Å². The summed E-state index contributed by atoms with van der Waals surface area (Å²) in [7, 11) is -3.69. The number of carbonyl (C=O) groups excluding carboxylic acids is 1. The van der Waals surface area contributed by atoms with Gasteiger partial charge in [0.1, 0.15) is 5.75 Å². The minimum absolute atomic E-state index is 0.0517. The number of urea groups is 1. The number of hydrogen-bond donors (Lipinski definition) is 4. The quantitative estimate of drug-likeness (QED) is 0.660. The number of phenolic OH excluding ortho intramolecular Hbond substituents is 1. The average Bonchev–Trinajstić information content (AvgIpc) is 2.47. The average molecular weight is 335 g/mol. The summed E-state index contributed by atoms with van der Waals surface area (Å²) < 4.78 is 22.3. The zero-order valence-corrected chi connectivity index (χ0v) is 13.0. The summed E-state index contributed by atoms with van der Waals surface area (Å²) in [6, 6.07) is 12.0. The zero-order chi connectivity index (χ0) is 16.9. The number of sulfonamides is 1. The molecule has 0 spiro atoms. The molecule has 0 saturated heterocycles. The van der Waals surface area contributed by atoms with Crippen molar-refractivity contribution >= 4 is 21.7 Å². The minimum atomic E-state index is -3.69. The van der Waals surface area contributed by atoms with E-state index in [9.17, 15) is 18.3 Å². The third-order valence-corrected chi connectivity index (χ3v) is 3.98. The molecule has 0 heterocycles. The van der Waals surface area contributed by atoms with Gasteiger partial charge in [0.05, 0.1) is 4.90 Å². The Bertz CT molecular complexity index is 789. The molecule has 5 N–H and O–H groups in total. The number of nitrogens with two attached hydrogens (primary N) is 1. The van der Waals surface area contributed by atoms with E-state index in [2.05, 4.69) is 10.6 Å². The van der Waals surface area contributed by atoms with E-state index in [0.717, 1.165) is 5.56 Å². The van der Waals surface area contributed by atoms with Gasteiger partial charge in [0, 0.05) is 18.3 Å². The van der Waals surface area contributed by atoms with Crippen LogP contribution in [0, 0.1) is 0 Å². The van der Waals surface area contributed by atoms with Crippen LogP contribution in [0.25, 0.3) is 0 Å². The third kappa shape index (κ3) is 5.28. The fraction of sp³-hybridized carbons (Fsp3) is 0.133. The molecule has 0 aliphatic rings. The molecule has 2 amide bonds. The second kappa shape index (κ2) is 7.12. The number of aromatic hydroxyl groups is 1. The number of amides is 2. The lowest BCUT2D eigenvalue weighted by Gasteiger charge is -2.08. The Balaban J connectivity index is 1.81. The van der Waals surface area contributed by atoms with Crippen LogP contribution in [0.15, 0.2) is 53.4 Å². The fourth-order valence-corrected chi connectivity index (χ4v) is 2.44. The van der Waals surface area contributed by atoms with E-state index < -0.39 is 16.1 Å². The van der Waals surface area contributed by atoms with Gasteiger partial charge in [-0.15, -0.1) is 0 Å². The highest BCUT2D eigenvalue weighted by molar-refractivity contribution is 7.89. The first-order valence-electron chi connectivity index (χ1n) is 6.80. The Kier molecular flexibility index (Phi) is 5.20. The van der Waals surface area contributed by atoms with Gasteiger partial charge in [-0.1, -0.05) is 18.2 Å². The zero-order valence-electron chi connectivity index (χ0n) is 12.2. The van der Waals surface area contributed by atoms with Gasteiger partial charge in [0.15, 0.2) is 0 Å². The van der Waals surface area contributed by atoms with Gasteiger partial charge in [0.25, 0.3) is 0 Å². The standard InChI is InChI=1S/C15H17N3O4S/c16-23(21,22)14-6-4-11(5-7-14)8-9-17-15(20)18-12-2-1-3-13(19)10-12/h1-7,10,19H,8-9H2,(H2,16,21,22)(H2,17,18,20). The van der Waals surface area contributed by atoms with E-state index in [0.29, 0.717) is 18.7 Å². The number of benzene rings is 2. The fourth-order valence-electron chi connectivity index (χ4n) is 1.93. The first-order chi connectivity index (χ1) is 10.8. The molecule has 0 bridgehead atoms. The normalized spacial score (nSPS) is 11.0. The number of anilines is 1. The van der Waals surface area contributed by atoms with Crippen LogP contribution in [-0.2, 0) is 16.4 Å². The Labute approximate surface area is 134 Å². The lowest BCUT2D eigenvalue weighted by atomic mass is 10.1. The van der Waals surface area contributed by atoms with Gasteiger partial charge in [-0.3, -0.25) is 0 Å². The Morgan fingerprint density at radius 2 is 1.83 bits per heavy atom. The van der Waals surface area contributed by atoms with E-state index in [4.69, 9.17) is 5.14 Å². The van der Waals surface area contributed by atoms with Crippen LogP contribution in [0.4, 0.5) is 10.5 Å². The maximum absolute atomic E-state index is 11.7. The first-order valence-corrected chi connectivity index (χ1v) is 8.35. The highest BCUT2D eigenvalue weighted by Crippen LogP contribution is 2.15. The molecule has 8 heteroatoms. The number of phenols is 1. The molecule has 0 aromatic heterocycles. The highest BCUT2D eigenvalue weighted by atomic mass is 32.2. The highest BCUT2D eigenvalue weighted by Gasteiger charge is 2.07. The van der Waals surface area contributed by atoms with Crippen molar-refractivity contribution in [3.63, 3.8) is 0 Å². The van der Waals surface area contributed by atoms with Crippen LogP contribution in [0.5, 0.6) is 5.75 Å². The monoisotopic (exact) mass is 335 g/mol. The van der Waals surface area contributed by atoms with Crippen molar-refractivity contribution in [1.29, 1.82) is 0 Å². The van der Waals surface area contributed by atoms with Crippen LogP contribution in [-0.4, -0.2) is 26.1 Å². The predicted octanol–water partition coefficient (Wildman–Crippen LogP) is 1.40. The molecule has 0 fully saturated rings. The van der Waals surface area contributed by atoms with Crippen molar-refractivity contribution in [2.75, 3.05) is 11.9 Å². The number of rotatable bonds is 5. The van der Waals surface area contributed by atoms with Gasteiger partial charge in [-0.05, 0) is 36.2 Å². The topological polar surface area (TPSA) is 122 Å². The Morgan fingerprint density at radius 3 is 2.43 bits per heavy atom.